The molecule has 7 aromatic carbocycles. The van der Waals surface area contributed by atoms with Crippen LogP contribution in [0.3, 0.4) is 0 Å². The predicted octanol–water partition coefficient (Wildman–Crippen LogP) is 10.7. The Hall–Kier alpha value is -5.60. The van der Waals surface area contributed by atoms with Gasteiger partial charge in [0.2, 0.25) is 0 Å². The number of nitrogens with zero attached hydrogens (tertiary/aromatic N) is 2. The van der Waals surface area contributed by atoms with E-state index in [4.69, 9.17) is 0 Å². The van der Waals surface area contributed by atoms with Crippen molar-refractivity contribution < 1.29 is 0 Å². The summed E-state index contributed by atoms with van der Waals surface area (Å²) in [6.07, 6.45) is 2.19. The summed E-state index contributed by atoms with van der Waals surface area (Å²) in [7, 11) is 0. The lowest BCUT2D eigenvalue weighted by Gasteiger charge is -2.14. The number of rotatable bonds is 3. The minimum Gasteiger partial charge on any atom is -0.317 e. The zero-order valence-electron chi connectivity index (χ0n) is 22.9. The highest BCUT2D eigenvalue weighted by Crippen LogP contribution is 2.40. The molecule has 2 heteroatoms. The van der Waals surface area contributed by atoms with E-state index in [1.807, 2.05) is 0 Å². The molecule has 42 heavy (non-hydrogen) atoms. The van der Waals surface area contributed by atoms with E-state index < -0.39 is 0 Å². The molecule has 0 amide bonds. The Labute approximate surface area is 243 Å². The number of hydrogen-bond donors (Lipinski definition) is 0. The van der Waals surface area contributed by atoms with Crippen LogP contribution in [0, 0.1) is 0 Å². The quantitative estimate of drug-likeness (QED) is 0.200. The van der Waals surface area contributed by atoms with Gasteiger partial charge in [-0.2, -0.15) is 0 Å². The van der Waals surface area contributed by atoms with Crippen LogP contribution in [0.5, 0.6) is 0 Å². The summed E-state index contributed by atoms with van der Waals surface area (Å²) in [5, 5.41) is 8.91. The molecule has 0 saturated heterocycles. The van der Waals surface area contributed by atoms with Gasteiger partial charge in [-0.25, -0.2) is 0 Å². The molecule has 0 radical (unpaired) electrons. The maximum atomic E-state index is 2.43. The van der Waals surface area contributed by atoms with Crippen LogP contribution in [0.4, 0.5) is 0 Å². The average Bonchev–Trinajstić information content (AvgIpc) is 3.63. The Balaban J connectivity index is 1.33. The molecule has 0 N–H and O–H groups in total. The molecule has 0 aliphatic rings. The molecular formula is C40H26N2. The summed E-state index contributed by atoms with van der Waals surface area (Å²) in [5.41, 5.74) is 8.49. The van der Waals surface area contributed by atoms with Gasteiger partial charge in [-0.3, -0.25) is 0 Å². The first kappa shape index (κ1) is 23.1. The number of hydrogen-bond acceptors (Lipinski definition) is 0. The van der Waals surface area contributed by atoms with E-state index in [0.717, 1.165) is 5.69 Å². The first-order valence-corrected chi connectivity index (χ1v) is 14.5. The van der Waals surface area contributed by atoms with Crippen LogP contribution in [0.1, 0.15) is 0 Å². The average molecular weight is 535 g/mol. The summed E-state index contributed by atoms with van der Waals surface area (Å²) < 4.78 is 4.72. The van der Waals surface area contributed by atoms with Gasteiger partial charge in [-0.1, -0.05) is 97.1 Å². The van der Waals surface area contributed by atoms with Crippen molar-refractivity contribution >= 4 is 54.3 Å². The van der Waals surface area contributed by atoms with Crippen molar-refractivity contribution in [2.75, 3.05) is 0 Å². The molecule has 0 spiro atoms. The van der Waals surface area contributed by atoms with Crippen LogP contribution in [0.25, 0.3) is 76.8 Å². The molecule has 0 atom stereocenters. The van der Waals surface area contributed by atoms with Gasteiger partial charge in [0.1, 0.15) is 0 Å². The van der Waals surface area contributed by atoms with Gasteiger partial charge in [0, 0.05) is 33.7 Å². The molecule has 2 heterocycles. The van der Waals surface area contributed by atoms with Crippen LogP contribution >= 0.6 is 0 Å². The van der Waals surface area contributed by atoms with Gasteiger partial charge in [0.15, 0.2) is 0 Å². The lowest BCUT2D eigenvalue weighted by atomic mass is 9.92. The van der Waals surface area contributed by atoms with E-state index >= 15 is 0 Å². The molecule has 9 rings (SSSR count). The van der Waals surface area contributed by atoms with Crippen LogP contribution in [0.2, 0.25) is 0 Å². The summed E-state index contributed by atoms with van der Waals surface area (Å²) in [5.74, 6) is 0. The molecule has 0 saturated carbocycles. The fraction of sp³-hybridized carbons (Fsp3) is 0. The first-order valence-electron chi connectivity index (χ1n) is 14.5. The molecule has 196 valence electrons. The molecule has 0 unspecified atom stereocenters. The van der Waals surface area contributed by atoms with Crippen LogP contribution in [-0.2, 0) is 0 Å². The van der Waals surface area contributed by atoms with Gasteiger partial charge >= 0.3 is 0 Å². The van der Waals surface area contributed by atoms with E-state index in [9.17, 15) is 0 Å². The molecule has 0 bridgehead atoms. The lowest BCUT2D eigenvalue weighted by molar-refractivity contribution is 1.13. The van der Waals surface area contributed by atoms with E-state index in [1.54, 1.807) is 0 Å². The van der Waals surface area contributed by atoms with Crippen LogP contribution in [0.15, 0.2) is 158 Å². The van der Waals surface area contributed by atoms with Gasteiger partial charge in [-0.15, -0.1) is 0 Å². The topological polar surface area (TPSA) is 9.86 Å². The summed E-state index contributed by atoms with van der Waals surface area (Å²) >= 11 is 0. The third kappa shape index (κ3) is 3.33. The second-order valence-corrected chi connectivity index (χ2v) is 11.0. The zero-order chi connectivity index (χ0) is 27.6. The normalized spacial score (nSPS) is 11.8. The van der Waals surface area contributed by atoms with Crippen molar-refractivity contribution in [3.8, 4) is 22.5 Å². The number of benzene rings is 7. The van der Waals surface area contributed by atoms with E-state index in [1.165, 1.54) is 71.1 Å². The summed E-state index contributed by atoms with van der Waals surface area (Å²) in [4.78, 5) is 0. The molecule has 2 nitrogen and oxygen atoms in total. The largest absolute Gasteiger partial charge is 0.317 e. The molecule has 0 fully saturated rings. The number of para-hydroxylation sites is 2. The maximum absolute atomic E-state index is 2.43. The van der Waals surface area contributed by atoms with Crippen molar-refractivity contribution in [2.45, 2.75) is 0 Å². The molecule has 9 aromatic rings. The van der Waals surface area contributed by atoms with E-state index in [2.05, 4.69) is 167 Å². The third-order valence-corrected chi connectivity index (χ3v) is 8.70. The molecule has 2 aromatic heterocycles. The van der Waals surface area contributed by atoms with Gasteiger partial charge in [-0.05, 0) is 87.3 Å². The third-order valence-electron chi connectivity index (χ3n) is 8.70. The Bertz CT molecular complexity index is 2400. The standard InChI is InChI=1S/C40H26N2/c1-2-14-30(15-3-1)41-24-23-35-36(41)21-22-38-40(35)34-19-8-9-20-37(34)42(38)31-16-10-13-29(26-31)39-32-17-6-4-11-27(32)25-28-12-5-7-18-33(28)39/h1-26H. The Morgan fingerprint density at radius 3 is 1.79 bits per heavy atom. The molecule has 0 aliphatic heterocycles. The summed E-state index contributed by atoms with van der Waals surface area (Å²) in [6, 6.07) is 55.0. The van der Waals surface area contributed by atoms with Crippen molar-refractivity contribution in [2.24, 2.45) is 0 Å². The van der Waals surface area contributed by atoms with Gasteiger partial charge in [0.05, 0.1) is 16.6 Å². The monoisotopic (exact) mass is 534 g/mol. The van der Waals surface area contributed by atoms with Crippen molar-refractivity contribution in [3.63, 3.8) is 0 Å². The second kappa shape index (κ2) is 8.95. The Kier molecular flexibility index (Phi) is 4.93. The highest BCUT2D eigenvalue weighted by atomic mass is 15.0. The lowest BCUT2D eigenvalue weighted by Crippen LogP contribution is -1.95. The van der Waals surface area contributed by atoms with Crippen molar-refractivity contribution in [1.29, 1.82) is 0 Å². The maximum Gasteiger partial charge on any atom is 0.0548 e. The number of fused-ring (bicyclic) bond motifs is 7. The minimum absolute atomic E-state index is 1.16. The van der Waals surface area contributed by atoms with E-state index in [0.29, 0.717) is 0 Å². The fourth-order valence-electron chi connectivity index (χ4n) is 6.90. The fourth-order valence-corrected chi connectivity index (χ4v) is 6.90. The SMILES string of the molecule is c1ccc(-n2ccc3c4c5ccccc5n(-c5cccc(-c6c7ccccc7cc7ccccc67)c5)c4ccc32)cc1. The summed E-state index contributed by atoms with van der Waals surface area (Å²) in [6.45, 7) is 0. The zero-order valence-corrected chi connectivity index (χ0v) is 22.9. The Morgan fingerprint density at radius 2 is 1.00 bits per heavy atom. The molecular weight excluding hydrogens is 508 g/mol. The first-order chi connectivity index (χ1) is 20.8. The Morgan fingerprint density at radius 1 is 0.381 bits per heavy atom. The molecule has 0 aliphatic carbocycles. The smallest absolute Gasteiger partial charge is 0.0548 e. The predicted molar refractivity (Wildman–Crippen MR) is 178 cm³/mol. The van der Waals surface area contributed by atoms with E-state index in [-0.39, 0.29) is 0 Å². The number of aromatic nitrogens is 2. The minimum atomic E-state index is 1.16. The highest BCUT2D eigenvalue weighted by molar-refractivity contribution is 6.21. The highest BCUT2D eigenvalue weighted by Gasteiger charge is 2.17. The van der Waals surface area contributed by atoms with Crippen LogP contribution < -0.4 is 0 Å². The van der Waals surface area contributed by atoms with Gasteiger partial charge in [0.25, 0.3) is 0 Å². The van der Waals surface area contributed by atoms with Crippen molar-refractivity contribution in [3.05, 3.63) is 158 Å². The van der Waals surface area contributed by atoms with Crippen LogP contribution in [-0.4, -0.2) is 9.13 Å². The van der Waals surface area contributed by atoms with Gasteiger partial charge < -0.3 is 9.13 Å². The second-order valence-electron chi connectivity index (χ2n) is 11.0. The van der Waals surface area contributed by atoms with Crippen molar-refractivity contribution in [1.82, 2.24) is 9.13 Å².